The lowest BCUT2D eigenvalue weighted by atomic mass is 9.88. The molecule has 1 atom stereocenters. The van der Waals surface area contributed by atoms with Gasteiger partial charge in [0.15, 0.2) is 0 Å². The average Bonchev–Trinajstić information content (AvgIpc) is 2.36. The van der Waals surface area contributed by atoms with Gasteiger partial charge in [0.25, 0.3) is 0 Å². The van der Waals surface area contributed by atoms with Gasteiger partial charge in [0.1, 0.15) is 11.9 Å². The number of aliphatic hydroxyl groups excluding tert-OH is 1. The Morgan fingerprint density at radius 1 is 0.947 bits per heavy atom. The van der Waals surface area contributed by atoms with Crippen molar-refractivity contribution in [3.63, 3.8) is 0 Å². The molecule has 0 aliphatic heterocycles. The van der Waals surface area contributed by atoms with Crippen LogP contribution in [0.5, 0.6) is 0 Å². The van der Waals surface area contributed by atoms with Crippen LogP contribution in [0.15, 0.2) is 30.3 Å². The van der Waals surface area contributed by atoms with E-state index < -0.39 is 6.10 Å². The van der Waals surface area contributed by atoms with Crippen LogP contribution >= 0.6 is 0 Å². The first-order valence-electron chi connectivity index (χ1n) is 6.42. The quantitative estimate of drug-likeness (QED) is 0.858. The molecule has 0 aliphatic rings. The Hall–Kier alpha value is -1.67. The Morgan fingerprint density at radius 2 is 1.53 bits per heavy atom. The fourth-order valence-corrected chi connectivity index (χ4v) is 2.50. The molecule has 0 aliphatic carbocycles. The molecule has 0 heterocycles. The number of benzene rings is 2. The van der Waals surface area contributed by atoms with Crippen LogP contribution < -0.4 is 0 Å². The van der Waals surface area contributed by atoms with E-state index in [1.54, 1.807) is 12.1 Å². The highest BCUT2D eigenvalue weighted by molar-refractivity contribution is 5.48. The minimum atomic E-state index is -0.783. The van der Waals surface area contributed by atoms with E-state index in [0.29, 0.717) is 5.56 Å². The number of hydrogen-bond donors (Lipinski definition) is 1. The molecule has 0 bridgehead atoms. The van der Waals surface area contributed by atoms with Gasteiger partial charge in [-0.3, -0.25) is 0 Å². The topological polar surface area (TPSA) is 20.2 Å². The Balaban J connectivity index is 2.59. The fraction of sp³-hybridized carbons (Fsp3) is 0.294. The van der Waals surface area contributed by atoms with Crippen molar-refractivity contribution in [3.8, 4) is 0 Å². The lowest BCUT2D eigenvalue weighted by Gasteiger charge is -2.20. The molecule has 1 unspecified atom stereocenters. The number of aliphatic hydroxyl groups is 1. The van der Waals surface area contributed by atoms with Crippen molar-refractivity contribution in [1.29, 1.82) is 0 Å². The van der Waals surface area contributed by atoms with Crippen LogP contribution in [0.3, 0.4) is 0 Å². The highest BCUT2D eigenvalue weighted by Gasteiger charge is 2.18. The molecule has 0 saturated carbocycles. The van der Waals surface area contributed by atoms with Gasteiger partial charge in [-0.1, -0.05) is 18.2 Å². The summed E-state index contributed by atoms with van der Waals surface area (Å²) in [5.41, 5.74) is 5.92. The molecule has 0 fully saturated rings. The zero-order chi connectivity index (χ0) is 14.2. The van der Waals surface area contributed by atoms with Crippen molar-refractivity contribution >= 4 is 0 Å². The summed E-state index contributed by atoms with van der Waals surface area (Å²) in [4.78, 5) is 0. The Kier molecular flexibility index (Phi) is 3.72. The second kappa shape index (κ2) is 5.14. The molecule has 2 aromatic carbocycles. The van der Waals surface area contributed by atoms with Gasteiger partial charge in [0.2, 0.25) is 0 Å². The van der Waals surface area contributed by atoms with Gasteiger partial charge < -0.3 is 5.11 Å². The van der Waals surface area contributed by atoms with Gasteiger partial charge in [-0.25, -0.2) is 4.39 Å². The molecule has 2 rings (SSSR count). The van der Waals surface area contributed by atoms with Crippen molar-refractivity contribution in [2.75, 3.05) is 0 Å². The number of hydrogen-bond acceptors (Lipinski definition) is 1. The zero-order valence-corrected chi connectivity index (χ0v) is 11.8. The SMILES string of the molecule is Cc1cc(C)c(C)c(C(O)c2cccc(F)c2)c1C. The van der Waals surface area contributed by atoms with Crippen LogP contribution in [-0.2, 0) is 0 Å². The zero-order valence-electron chi connectivity index (χ0n) is 11.8. The lowest BCUT2D eigenvalue weighted by molar-refractivity contribution is 0.218. The summed E-state index contributed by atoms with van der Waals surface area (Å²) in [6, 6.07) is 8.27. The summed E-state index contributed by atoms with van der Waals surface area (Å²) in [7, 11) is 0. The van der Waals surface area contributed by atoms with E-state index in [2.05, 4.69) is 6.07 Å². The lowest BCUT2D eigenvalue weighted by Crippen LogP contribution is -2.07. The molecule has 1 N–H and O–H groups in total. The molecule has 0 radical (unpaired) electrons. The summed E-state index contributed by atoms with van der Waals surface area (Å²) < 4.78 is 13.3. The predicted octanol–water partition coefficient (Wildman–Crippen LogP) is 4.14. The maximum atomic E-state index is 13.3. The fourth-order valence-electron chi connectivity index (χ4n) is 2.50. The molecule has 0 saturated heterocycles. The number of rotatable bonds is 2. The number of aryl methyl sites for hydroxylation is 2. The third-order valence-corrected chi connectivity index (χ3v) is 3.86. The third kappa shape index (κ3) is 2.54. The predicted molar refractivity (Wildman–Crippen MR) is 75.9 cm³/mol. The summed E-state index contributed by atoms with van der Waals surface area (Å²) in [6.07, 6.45) is -0.783. The van der Waals surface area contributed by atoms with E-state index >= 15 is 0 Å². The highest BCUT2D eigenvalue weighted by atomic mass is 19.1. The summed E-state index contributed by atoms with van der Waals surface area (Å²) in [5.74, 6) is -0.323. The second-order valence-corrected chi connectivity index (χ2v) is 5.13. The molecular weight excluding hydrogens is 239 g/mol. The third-order valence-electron chi connectivity index (χ3n) is 3.86. The van der Waals surface area contributed by atoms with Gasteiger partial charge >= 0.3 is 0 Å². The number of halogens is 1. The van der Waals surface area contributed by atoms with E-state index in [0.717, 1.165) is 27.8 Å². The summed E-state index contributed by atoms with van der Waals surface area (Å²) in [5, 5.41) is 10.6. The van der Waals surface area contributed by atoms with Gasteiger partial charge in [-0.2, -0.15) is 0 Å². The van der Waals surface area contributed by atoms with Crippen LogP contribution in [0.25, 0.3) is 0 Å². The second-order valence-electron chi connectivity index (χ2n) is 5.13. The van der Waals surface area contributed by atoms with E-state index in [4.69, 9.17) is 0 Å². The maximum Gasteiger partial charge on any atom is 0.123 e. The van der Waals surface area contributed by atoms with Gasteiger partial charge in [0.05, 0.1) is 0 Å². The van der Waals surface area contributed by atoms with Crippen LogP contribution in [-0.4, -0.2) is 5.11 Å². The highest BCUT2D eigenvalue weighted by Crippen LogP contribution is 2.31. The molecule has 19 heavy (non-hydrogen) atoms. The Labute approximate surface area is 113 Å². The molecule has 100 valence electrons. The molecular formula is C17H19FO. The van der Waals surface area contributed by atoms with Gasteiger partial charge in [-0.15, -0.1) is 0 Å². The van der Waals surface area contributed by atoms with E-state index in [-0.39, 0.29) is 5.82 Å². The van der Waals surface area contributed by atoms with E-state index in [1.165, 1.54) is 12.1 Å². The molecule has 0 spiro atoms. The van der Waals surface area contributed by atoms with Crippen LogP contribution in [0, 0.1) is 33.5 Å². The smallest absolute Gasteiger partial charge is 0.123 e. The van der Waals surface area contributed by atoms with Crippen molar-refractivity contribution in [2.24, 2.45) is 0 Å². The van der Waals surface area contributed by atoms with Crippen molar-refractivity contribution < 1.29 is 9.50 Å². The van der Waals surface area contributed by atoms with Crippen molar-refractivity contribution in [2.45, 2.75) is 33.8 Å². The molecule has 1 nitrogen and oxygen atoms in total. The minimum absolute atomic E-state index is 0.323. The minimum Gasteiger partial charge on any atom is -0.384 e. The molecule has 0 aromatic heterocycles. The van der Waals surface area contributed by atoms with Crippen molar-refractivity contribution in [3.05, 3.63) is 69.5 Å². The van der Waals surface area contributed by atoms with Gasteiger partial charge in [0, 0.05) is 0 Å². The Morgan fingerprint density at radius 3 is 2.05 bits per heavy atom. The monoisotopic (exact) mass is 258 g/mol. The first kappa shape index (κ1) is 13.8. The Bertz CT molecular complexity index is 591. The standard InChI is InChI=1S/C17H19FO/c1-10-8-11(2)13(4)16(12(10)3)17(19)14-6-5-7-15(18)9-14/h5-9,17,19H,1-4H3. The molecule has 2 aromatic rings. The van der Waals surface area contributed by atoms with Crippen LogP contribution in [0.2, 0.25) is 0 Å². The summed E-state index contributed by atoms with van der Waals surface area (Å²) in [6.45, 7) is 8.06. The van der Waals surface area contributed by atoms with E-state index in [1.807, 2.05) is 27.7 Å². The maximum absolute atomic E-state index is 13.3. The largest absolute Gasteiger partial charge is 0.384 e. The van der Waals surface area contributed by atoms with Crippen molar-refractivity contribution in [1.82, 2.24) is 0 Å². The van der Waals surface area contributed by atoms with Crippen LogP contribution in [0.4, 0.5) is 4.39 Å². The first-order valence-corrected chi connectivity index (χ1v) is 6.42. The normalized spacial score (nSPS) is 12.5. The summed E-state index contributed by atoms with van der Waals surface area (Å²) >= 11 is 0. The average molecular weight is 258 g/mol. The van der Waals surface area contributed by atoms with Gasteiger partial charge in [-0.05, 0) is 73.2 Å². The molecule has 0 amide bonds. The van der Waals surface area contributed by atoms with E-state index in [9.17, 15) is 9.50 Å². The molecule has 2 heteroatoms. The van der Waals surface area contributed by atoms with Crippen LogP contribution in [0.1, 0.15) is 39.5 Å². The first-order chi connectivity index (χ1) is 8.91.